The second-order valence-electron chi connectivity index (χ2n) is 5.86. The zero-order chi connectivity index (χ0) is 18.5. The largest absolute Gasteiger partial charge is 0.458 e. The standard InChI is InChI=1S/C20H20N2O3S/c1-3-12-25-19(24)18-14(2)21-20-22(17(23)11-13-26-20)16(18)10-9-15-7-5-4-6-8-15/h3-10,16H,1,11-13H2,2H3. The smallest absolute Gasteiger partial charge is 0.338 e. The van der Waals surface area contributed by atoms with Crippen LogP contribution in [0.15, 0.2) is 65.3 Å². The third kappa shape index (κ3) is 3.80. The number of ether oxygens (including phenoxy) is 1. The lowest BCUT2D eigenvalue weighted by atomic mass is 10.00. The molecule has 2 aliphatic heterocycles. The van der Waals surface area contributed by atoms with Crippen molar-refractivity contribution in [3.8, 4) is 0 Å². The number of hydrogen-bond donors (Lipinski definition) is 0. The summed E-state index contributed by atoms with van der Waals surface area (Å²) >= 11 is 1.53. The molecule has 1 saturated heterocycles. The number of nitrogens with zero attached hydrogens (tertiary/aromatic N) is 2. The summed E-state index contributed by atoms with van der Waals surface area (Å²) in [5.41, 5.74) is 1.96. The van der Waals surface area contributed by atoms with E-state index in [0.29, 0.717) is 28.6 Å². The number of carbonyl (C=O) groups is 2. The predicted octanol–water partition coefficient (Wildman–Crippen LogP) is 3.41. The lowest BCUT2D eigenvalue weighted by molar-refractivity contribution is -0.138. The molecule has 1 aromatic rings. The maximum atomic E-state index is 12.6. The zero-order valence-corrected chi connectivity index (χ0v) is 15.4. The Hall–Kier alpha value is -2.60. The van der Waals surface area contributed by atoms with Gasteiger partial charge in [-0.3, -0.25) is 9.69 Å². The van der Waals surface area contributed by atoms with Crippen molar-refractivity contribution in [1.29, 1.82) is 0 Å². The van der Waals surface area contributed by atoms with Crippen LogP contribution < -0.4 is 0 Å². The molecular formula is C20H20N2O3S. The van der Waals surface area contributed by atoms with Crippen molar-refractivity contribution in [2.45, 2.75) is 19.4 Å². The van der Waals surface area contributed by atoms with Gasteiger partial charge in [-0.2, -0.15) is 0 Å². The van der Waals surface area contributed by atoms with Crippen LogP contribution in [0.2, 0.25) is 0 Å². The van der Waals surface area contributed by atoms with Crippen LogP contribution in [-0.4, -0.2) is 40.3 Å². The van der Waals surface area contributed by atoms with Gasteiger partial charge in [0.05, 0.1) is 17.3 Å². The Morgan fingerprint density at radius 3 is 2.92 bits per heavy atom. The third-order valence-corrected chi connectivity index (χ3v) is 5.03. The van der Waals surface area contributed by atoms with Crippen LogP contribution in [0.1, 0.15) is 18.9 Å². The fourth-order valence-electron chi connectivity index (χ4n) is 2.86. The number of thioether (sulfide) groups is 1. The second-order valence-corrected chi connectivity index (χ2v) is 6.92. The number of esters is 1. The SMILES string of the molecule is C=CCOC(=O)C1=C(C)N=C2SCCC(=O)N2C1C=Cc1ccccc1. The molecular weight excluding hydrogens is 348 g/mol. The molecule has 6 heteroatoms. The van der Waals surface area contributed by atoms with Crippen molar-refractivity contribution in [2.75, 3.05) is 12.4 Å². The average molecular weight is 368 g/mol. The first-order valence-corrected chi connectivity index (χ1v) is 9.36. The van der Waals surface area contributed by atoms with Crippen LogP contribution in [-0.2, 0) is 14.3 Å². The number of rotatable bonds is 5. The first kappa shape index (κ1) is 18.2. The molecule has 0 spiro atoms. The van der Waals surface area contributed by atoms with Crippen LogP contribution in [0, 0.1) is 0 Å². The van der Waals surface area contributed by atoms with Crippen molar-refractivity contribution in [3.63, 3.8) is 0 Å². The molecule has 5 nitrogen and oxygen atoms in total. The molecule has 2 heterocycles. The van der Waals surface area contributed by atoms with Crippen LogP contribution in [0.4, 0.5) is 0 Å². The van der Waals surface area contributed by atoms with Gasteiger partial charge < -0.3 is 4.74 Å². The fraction of sp³-hybridized carbons (Fsp3) is 0.250. The van der Waals surface area contributed by atoms with Crippen molar-refractivity contribution in [2.24, 2.45) is 4.99 Å². The number of amidine groups is 1. The van der Waals surface area contributed by atoms with E-state index >= 15 is 0 Å². The minimum absolute atomic E-state index is 0.0354. The number of fused-ring (bicyclic) bond motifs is 1. The first-order valence-electron chi connectivity index (χ1n) is 8.37. The van der Waals surface area contributed by atoms with Crippen molar-refractivity contribution in [1.82, 2.24) is 4.90 Å². The quantitative estimate of drug-likeness (QED) is 0.590. The van der Waals surface area contributed by atoms with E-state index in [1.165, 1.54) is 17.8 Å². The lowest BCUT2D eigenvalue weighted by Crippen LogP contribution is -2.49. The molecule has 0 saturated carbocycles. The summed E-state index contributed by atoms with van der Waals surface area (Å²) in [6.07, 6.45) is 5.71. The maximum absolute atomic E-state index is 12.6. The molecule has 0 aliphatic carbocycles. The number of hydrogen-bond acceptors (Lipinski definition) is 5. The Kier molecular flexibility index (Phi) is 5.73. The van der Waals surface area contributed by atoms with Crippen LogP contribution in [0.25, 0.3) is 6.08 Å². The molecule has 0 N–H and O–H groups in total. The van der Waals surface area contributed by atoms with Gasteiger partial charge in [0.15, 0.2) is 5.17 Å². The van der Waals surface area contributed by atoms with Gasteiger partial charge in [-0.15, -0.1) is 0 Å². The molecule has 1 atom stereocenters. The van der Waals surface area contributed by atoms with Gasteiger partial charge in [0.25, 0.3) is 0 Å². The summed E-state index contributed by atoms with van der Waals surface area (Å²) in [5.74, 6) is 0.190. The highest BCUT2D eigenvalue weighted by atomic mass is 32.2. The molecule has 0 bridgehead atoms. The molecule has 3 rings (SSSR count). The van der Waals surface area contributed by atoms with Gasteiger partial charge in [-0.05, 0) is 12.5 Å². The molecule has 1 unspecified atom stereocenters. The highest BCUT2D eigenvalue weighted by molar-refractivity contribution is 8.14. The summed E-state index contributed by atoms with van der Waals surface area (Å²) in [4.78, 5) is 31.2. The predicted molar refractivity (Wildman–Crippen MR) is 104 cm³/mol. The van der Waals surface area contributed by atoms with E-state index < -0.39 is 12.0 Å². The van der Waals surface area contributed by atoms with E-state index in [2.05, 4.69) is 11.6 Å². The third-order valence-electron chi connectivity index (χ3n) is 4.07. The van der Waals surface area contributed by atoms with E-state index in [1.54, 1.807) is 11.8 Å². The summed E-state index contributed by atoms with van der Waals surface area (Å²) in [5, 5.41) is 0.640. The van der Waals surface area contributed by atoms with Crippen LogP contribution in [0.5, 0.6) is 0 Å². The topological polar surface area (TPSA) is 59.0 Å². The number of carbonyl (C=O) groups excluding carboxylic acids is 2. The monoisotopic (exact) mass is 368 g/mol. The molecule has 0 radical (unpaired) electrons. The van der Waals surface area contributed by atoms with Gasteiger partial charge >= 0.3 is 5.97 Å². The molecule has 26 heavy (non-hydrogen) atoms. The van der Waals surface area contributed by atoms with E-state index in [0.717, 1.165) is 5.56 Å². The van der Waals surface area contributed by atoms with E-state index in [-0.39, 0.29) is 12.5 Å². The molecule has 0 aromatic heterocycles. The highest BCUT2D eigenvalue weighted by Gasteiger charge is 2.39. The number of aliphatic imine (C=N–C) groups is 1. The maximum Gasteiger partial charge on any atom is 0.338 e. The first-order chi connectivity index (χ1) is 12.6. The van der Waals surface area contributed by atoms with E-state index in [4.69, 9.17) is 4.74 Å². The van der Waals surface area contributed by atoms with E-state index in [9.17, 15) is 9.59 Å². The zero-order valence-electron chi connectivity index (χ0n) is 14.6. The minimum atomic E-state index is -0.527. The second kappa shape index (κ2) is 8.19. The number of amides is 1. The van der Waals surface area contributed by atoms with E-state index in [1.807, 2.05) is 42.5 Å². The van der Waals surface area contributed by atoms with Gasteiger partial charge in [-0.1, -0.05) is 66.9 Å². The molecule has 134 valence electrons. The van der Waals surface area contributed by atoms with Crippen molar-refractivity contribution in [3.05, 3.63) is 65.9 Å². The number of benzene rings is 1. The normalized spacial score (nSPS) is 20.0. The minimum Gasteiger partial charge on any atom is -0.458 e. The van der Waals surface area contributed by atoms with Gasteiger partial charge in [-0.25, -0.2) is 9.79 Å². The van der Waals surface area contributed by atoms with Crippen LogP contribution in [0.3, 0.4) is 0 Å². The Labute approximate surface area is 157 Å². The Balaban J connectivity index is 2.00. The summed E-state index contributed by atoms with van der Waals surface area (Å²) < 4.78 is 5.24. The Bertz CT molecular complexity index is 812. The van der Waals surface area contributed by atoms with Crippen LogP contribution >= 0.6 is 11.8 Å². The summed E-state index contributed by atoms with van der Waals surface area (Å²) in [7, 11) is 0. The molecule has 1 fully saturated rings. The average Bonchev–Trinajstić information content (AvgIpc) is 2.64. The Morgan fingerprint density at radius 1 is 1.42 bits per heavy atom. The summed E-state index contributed by atoms with van der Waals surface area (Å²) in [6.45, 7) is 5.46. The molecule has 1 amide bonds. The van der Waals surface area contributed by atoms with Gasteiger partial charge in [0, 0.05) is 12.2 Å². The van der Waals surface area contributed by atoms with Crippen molar-refractivity contribution < 1.29 is 14.3 Å². The fourth-order valence-corrected chi connectivity index (χ4v) is 3.88. The number of allylic oxidation sites excluding steroid dienone is 1. The highest BCUT2D eigenvalue weighted by Crippen LogP contribution is 2.32. The van der Waals surface area contributed by atoms with Gasteiger partial charge in [0.2, 0.25) is 5.91 Å². The van der Waals surface area contributed by atoms with Gasteiger partial charge in [0.1, 0.15) is 6.61 Å². The summed E-state index contributed by atoms with van der Waals surface area (Å²) in [6, 6.07) is 9.22. The Morgan fingerprint density at radius 2 is 2.19 bits per heavy atom. The lowest BCUT2D eigenvalue weighted by Gasteiger charge is -2.37. The molecule has 1 aromatic carbocycles. The van der Waals surface area contributed by atoms with Crippen molar-refractivity contribution >= 4 is 34.9 Å². The molecule has 2 aliphatic rings.